The van der Waals surface area contributed by atoms with Gasteiger partial charge in [0.1, 0.15) is 0 Å². The lowest BCUT2D eigenvalue weighted by molar-refractivity contribution is -0.138. The van der Waals surface area contributed by atoms with Crippen LogP contribution in [0.15, 0.2) is 33.8 Å². The number of hydrogen-bond donors (Lipinski definition) is 2. The number of hydrogen-bond acceptors (Lipinski definition) is 4. The highest BCUT2D eigenvalue weighted by atomic mass is 19.4. The highest BCUT2D eigenvalue weighted by Gasteiger charge is 2.39. The number of allylic oxidation sites excluding steroid dienone is 1. The van der Waals surface area contributed by atoms with E-state index in [0.29, 0.717) is 5.56 Å². The molecule has 0 aliphatic rings. The van der Waals surface area contributed by atoms with Gasteiger partial charge in [-0.15, -0.1) is 10.2 Å². The molecule has 0 heterocycles. The van der Waals surface area contributed by atoms with Gasteiger partial charge < -0.3 is 10.2 Å². The number of aryl methyl sites for hydroxylation is 3. The fourth-order valence-corrected chi connectivity index (χ4v) is 1.48. The van der Waals surface area contributed by atoms with E-state index in [9.17, 15) is 18.0 Å². The van der Waals surface area contributed by atoms with Gasteiger partial charge in [-0.05, 0) is 43.5 Å². The highest BCUT2D eigenvalue weighted by Crippen LogP contribution is 2.28. The lowest BCUT2D eigenvalue weighted by Gasteiger charge is -2.07. The highest BCUT2D eigenvalue weighted by molar-refractivity contribution is 5.86. The molecular formula is C13H13F3N2O3. The first-order chi connectivity index (χ1) is 9.54. The lowest BCUT2D eigenvalue weighted by atomic mass is 10.1. The average molecular weight is 302 g/mol. The van der Waals surface area contributed by atoms with Gasteiger partial charge in [0.2, 0.25) is 11.5 Å². The number of nitrogens with zero attached hydrogens (tertiary/aromatic N) is 2. The zero-order valence-electron chi connectivity index (χ0n) is 11.5. The lowest BCUT2D eigenvalue weighted by Crippen LogP contribution is -2.16. The van der Waals surface area contributed by atoms with Crippen LogP contribution in [0, 0.1) is 20.8 Å². The number of benzene rings is 1. The normalized spacial score (nSPS) is 13.4. The van der Waals surface area contributed by atoms with Crippen LogP contribution < -0.4 is 0 Å². The molecular weight excluding hydrogens is 289 g/mol. The van der Waals surface area contributed by atoms with Crippen molar-refractivity contribution in [2.75, 3.05) is 0 Å². The fourth-order valence-electron chi connectivity index (χ4n) is 1.48. The van der Waals surface area contributed by atoms with Crippen molar-refractivity contribution in [1.29, 1.82) is 0 Å². The van der Waals surface area contributed by atoms with Gasteiger partial charge >= 0.3 is 12.1 Å². The number of azo groups is 1. The van der Waals surface area contributed by atoms with Crippen LogP contribution in [-0.2, 0) is 4.79 Å². The monoisotopic (exact) mass is 302 g/mol. The number of rotatable bonds is 3. The second-order valence-corrected chi connectivity index (χ2v) is 4.42. The largest absolute Gasteiger partial charge is 0.502 e. The van der Waals surface area contributed by atoms with Crippen molar-refractivity contribution >= 4 is 11.7 Å². The second-order valence-electron chi connectivity index (χ2n) is 4.42. The third-order valence-electron chi connectivity index (χ3n) is 2.77. The molecule has 114 valence electrons. The molecule has 2 N–H and O–H groups in total. The molecule has 0 aliphatic carbocycles. The van der Waals surface area contributed by atoms with E-state index in [1.165, 1.54) is 0 Å². The molecule has 0 saturated heterocycles. The molecule has 0 spiro atoms. The van der Waals surface area contributed by atoms with Crippen molar-refractivity contribution in [2.45, 2.75) is 26.9 Å². The first-order valence-corrected chi connectivity index (χ1v) is 5.77. The van der Waals surface area contributed by atoms with Gasteiger partial charge in [0.15, 0.2) is 0 Å². The molecule has 1 aromatic rings. The van der Waals surface area contributed by atoms with Crippen molar-refractivity contribution in [3.05, 3.63) is 40.3 Å². The molecule has 0 aliphatic heterocycles. The average Bonchev–Trinajstić information content (AvgIpc) is 2.33. The molecule has 5 nitrogen and oxygen atoms in total. The van der Waals surface area contributed by atoms with Crippen LogP contribution in [0.25, 0.3) is 0 Å². The zero-order chi connectivity index (χ0) is 16.4. The van der Waals surface area contributed by atoms with Crippen LogP contribution >= 0.6 is 0 Å². The minimum Gasteiger partial charge on any atom is -0.502 e. The number of carboxylic acid groups (broad SMARTS) is 1. The molecule has 21 heavy (non-hydrogen) atoms. The number of aliphatic hydroxyl groups excluding tert-OH is 1. The van der Waals surface area contributed by atoms with E-state index < -0.39 is 23.6 Å². The Morgan fingerprint density at radius 1 is 1.05 bits per heavy atom. The van der Waals surface area contributed by atoms with Crippen LogP contribution in [0.5, 0.6) is 0 Å². The van der Waals surface area contributed by atoms with Gasteiger partial charge in [0.25, 0.3) is 0 Å². The smallest absolute Gasteiger partial charge is 0.451 e. The van der Waals surface area contributed by atoms with E-state index in [1.807, 2.05) is 6.92 Å². The van der Waals surface area contributed by atoms with Crippen LogP contribution in [0.4, 0.5) is 18.9 Å². The van der Waals surface area contributed by atoms with E-state index >= 15 is 0 Å². The van der Waals surface area contributed by atoms with Crippen LogP contribution in [0.2, 0.25) is 0 Å². The summed E-state index contributed by atoms with van der Waals surface area (Å²) in [5.74, 6) is -4.31. The Bertz CT molecular complexity index is 634. The molecule has 8 heteroatoms. The predicted molar refractivity (Wildman–Crippen MR) is 68.5 cm³/mol. The fraction of sp³-hybridized carbons (Fsp3) is 0.308. The third-order valence-corrected chi connectivity index (χ3v) is 2.77. The summed E-state index contributed by atoms with van der Waals surface area (Å²) in [5.41, 5.74) is 1.08. The van der Waals surface area contributed by atoms with Crippen molar-refractivity contribution in [1.82, 2.24) is 0 Å². The summed E-state index contributed by atoms with van der Waals surface area (Å²) < 4.78 is 36.9. The SMILES string of the molecule is Cc1cc(C)c(N=NC(C(=O)O)=C(O)C(F)(F)F)cc1C. The molecule has 0 aromatic heterocycles. The molecule has 0 saturated carbocycles. The number of aliphatic carboxylic acids is 1. The Hall–Kier alpha value is -2.38. The second kappa shape index (κ2) is 5.94. The van der Waals surface area contributed by atoms with E-state index in [2.05, 4.69) is 10.2 Å². The van der Waals surface area contributed by atoms with Gasteiger partial charge in [-0.3, -0.25) is 0 Å². The summed E-state index contributed by atoms with van der Waals surface area (Å²) in [6.45, 7) is 5.28. The molecule has 0 atom stereocenters. The maximum atomic E-state index is 12.3. The number of halogens is 3. The molecule has 0 fully saturated rings. The third kappa shape index (κ3) is 4.04. The molecule has 1 rings (SSSR count). The molecule has 0 unspecified atom stereocenters. The Balaban J connectivity index is 3.29. The summed E-state index contributed by atoms with van der Waals surface area (Å²) >= 11 is 0. The summed E-state index contributed by atoms with van der Waals surface area (Å²) in [4.78, 5) is 10.7. The number of carbonyl (C=O) groups is 1. The Kier molecular flexibility index (Phi) is 4.72. The first kappa shape index (κ1) is 16.7. The van der Waals surface area contributed by atoms with E-state index in [4.69, 9.17) is 10.2 Å². The summed E-state index contributed by atoms with van der Waals surface area (Å²) in [6, 6.07) is 3.32. The van der Waals surface area contributed by atoms with E-state index in [0.717, 1.165) is 11.1 Å². The predicted octanol–water partition coefficient (Wildman–Crippen LogP) is 4.11. The van der Waals surface area contributed by atoms with Gasteiger partial charge in [-0.1, -0.05) is 6.07 Å². The van der Waals surface area contributed by atoms with Crippen LogP contribution in [0.3, 0.4) is 0 Å². The topological polar surface area (TPSA) is 82.2 Å². The van der Waals surface area contributed by atoms with Gasteiger partial charge in [0.05, 0.1) is 5.69 Å². The van der Waals surface area contributed by atoms with Gasteiger partial charge in [0, 0.05) is 0 Å². The molecule has 0 radical (unpaired) electrons. The summed E-state index contributed by atoms with van der Waals surface area (Å²) in [6.07, 6.45) is -5.20. The van der Waals surface area contributed by atoms with Crippen molar-refractivity contribution in [3.63, 3.8) is 0 Å². The molecule has 0 amide bonds. The summed E-state index contributed by atoms with van der Waals surface area (Å²) in [7, 11) is 0. The molecule has 0 bridgehead atoms. The maximum absolute atomic E-state index is 12.3. The van der Waals surface area contributed by atoms with Gasteiger partial charge in [-0.2, -0.15) is 13.2 Å². The van der Waals surface area contributed by atoms with Crippen molar-refractivity contribution in [2.24, 2.45) is 10.2 Å². The summed E-state index contributed by atoms with van der Waals surface area (Å²) in [5, 5.41) is 24.1. The first-order valence-electron chi connectivity index (χ1n) is 5.77. The quantitative estimate of drug-likeness (QED) is 0.500. The standard InChI is InChI=1S/C13H13F3N2O3/c1-6-4-8(3)9(5-7(6)2)17-18-10(12(20)21)11(19)13(14,15)16/h4-5,19H,1-3H3,(H,20,21). The van der Waals surface area contributed by atoms with Crippen molar-refractivity contribution in [3.8, 4) is 0 Å². The Morgan fingerprint density at radius 2 is 1.57 bits per heavy atom. The maximum Gasteiger partial charge on any atom is 0.451 e. The number of carboxylic acids is 1. The minimum atomic E-state index is -5.20. The van der Waals surface area contributed by atoms with Crippen LogP contribution in [0.1, 0.15) is 16.7 Å². The number of alkyl halides is 3. The van der Waals surface area contributed by atoms with Gasteiger partial charge in [-0.25, -0.2) is 4.79 Å². The Labute approximate surface area is 118 Å². The van der Waals surface area contributed by atoms with Crippen molar-refractivity contribution < 1.29 is 28.2 Å². The van der Waals surface area contributed by atoms with Crippen LogP contribution in [-0.4, -0.2) is 22.4 Å². The zero-order valence-corrected chi connectivity index (χ0v) is 11.5. The molecule has 1 aromatic carbocycles. The van der Waals surface area contributed by atoms with E-state index in [1.54, 1.807) is 26.0 Å². The van der Waals surface area contributed by atoms with E-state index in [-0.39, 0.29) is 5.69 Å². The number of aliphatic hydroxyl groups is 1. The minimum absolute atomic E-state index is 0.229. The Morgan fingerprint density at radius 3 is 2.05 bits per heavy atom.